The van der Waals surface area contributed by atoms with E-state index in [1.807, 2.05) is 0 Å². The van der Waals surface area contributed by atoms with Crippen molar-refractivity contribution in [2.45, 2.75) is 12.8 Å². The summed E-state index contributed by atoms with van der Waals surface area (Å²) >= 11 is 0. The van der Waals surface area contributed by atoms with Crippen LogP contribution in [-0.2, 0) is 47.7 Å². The monoisotopic (exact) mass is 660 g/mol. The van der Waals surface area contributed by atoms with E-state index in [0.717, 1.165) is 0 Å². The number of nitrogens with zero attached hydrogens (tertiary/aromatic N) is 7. The molecule has 4 amide bonds. The number of carbonyl (C=O) groups is 5. The second kappa shape index (κ2) is 27.9. The van der Waals surface area contributed by atoms with Crippen molar-refractivity contribution in [2.75, 3.05) is 141 Å². The first-order valence-corrected chi connectivity index (χ1v) is 15.0. The molecule has 18 nitrogen and oxygen atoms in total. The smallest absolute Gasteiger partial charge is 0.242 e. The van der Waals surface area contributed by atoms with Crippen LogP contribution in [-0.4, -0.2) is 190 Å². The number of nitrogens with one attached hydrogen (secondary N) is 1. The van der Waals surface area contributed by atoms with Crippen LogP contribution in [0.3, 0.4) is 0 Å². The summed E-state index contributed by atoms with van der Waals surface area (Å²) < 4.78 is 26.8. The average molecular weight is 661 g/mol. The molecule has 0 unspecified atom stereocenters. The van der Waals surface area contributed by atoms with Gasteiger partial charge in [0.15, 0.2) is 5.78 Å². The second-order valence-corrected chi connectivity index (χ2v) is 10.2. The molecule has 0 heterocycles. The predicted octanol–water partition coefficient (Wildman–Crippen LogP) is -1.22. The Morgan fingerprint density at radius 3 is 1.37 bits per heavy atom. The highest BCUT2D eigenvalue weighted by Gasteiger charge is 2.22. The van der Waals surface area contributed by atoms with Crippen molar-refractivity contribution in [3.63, 3.8) is 0 Å². The van der Waals surface area contributed by atoms with E-state index in [4.69, 9.17) is 29.2 Å². The summed E-state index contributed by atoms with van der Waals surface area (Å²) in [5, 5.41) is 6.07. The van der Waals surface area contributed by atoms with Gasteiger partial charge in [-0.05, 0) is 19.0 Å². The van der Waals surface area contributed by atoms with E-state index in [9.17, 15) is 24.0 Å². The molecule has 0 aromatic carbocycles. The molecule has 1 N–H and O–H groups in total. The summed E-state index contributed by atoms with van der Waals surface area (Å²) in [6.45, 7) is 3.69. The van der Waals surface area contributed by atoms with Gasteiger partial charge in [0.1, 0.15) is 0 Å². The molecule has 0 atom stereocenters. The highest BCUT2D eigenvalue weighted by atomic mass is 16.6. The number of hydrogen-bond acceptors (Lipinski definition) is 12. The van der Waals surface area contributed by atoms with E-state index in [-0.39, 0.29) is 50.8 Å². The highest BCUT2D eigenvalue weighted by Crippen LogP contribution is 1.99. The molecule has 0 rings (SSSR count). The Kier molecular flexibility index (Phi) is 25.8. The number of ether oxygens (including phenoxy) is 5. The molecule has 18 heteroatoms. The summed E-state index contributed by atoms with van der Waals surface area (Å²) in [4.78, 5) is 69.0. The van der Waals surface area contributed by atoms with Crippen LogP contribution in [0.1, 0.15) is 12.8 Å². The maximum absolute atomic E-state index is 12.5. The molecule has 0 aromatic heterocycles. The summed E-state index contributed by atoms with van der Waals surface area (Å²) in [5.41, 5.74) is 8.14. The van der Waals surface area contributed by atoms with Gasteiger partial charge < -0.3 is 48.6 Å². The minimum absolute atomic E-state index is 0.0902. The van der Waals surface area contributed by atoms with E-state index in [1.165, 1.54) is 47.8 Å². The van der Waals surface area contributed by atoms with Gasteiger partial charge in [-0.3, -0.25) is 24.0 Å². The van der Waals surface area contributed by atoms with Crippen LogP contribution in [0.25, 0.3) is 10.4 Å². The van der Waals surface area contributed by atoms with Crippen LogP contribution in [0.4, 0.5) is 0 Å². The SMILES string of the molecule is CNCC(=O)N(C)CC(=O)N(C)CC(=O)N(C)CC(=O)N(C)CC(=O)CCCOCCOCCOCCOCCOCCN=[N+]=[N-]. The number of ketones is 1. The predicted molar refractivity (Wildman–Crippen MR) is 167 cm³/mol. The van der Waals surface area contributed by atoms with Crippen molar-refractivity contribution in [3.8, 4) is 0 Å². The molecule has 0 saturated carbocycles. The van der Waals surface area contributed by atoms with Crippen LogP contribution < -0.4 is 5.32 Å². The lowest BCUT2D eigenvalue weighted by Crippen LogP contribution is -2.47. The zero-order valence-electron chi connectivity index (χ0n) is 27.9. The van der Waals surface area contributed by atoms with Gasteiger partial charge in [0.2, 0.25) is 23.6 Å². The van der Waals surface area contributed by atoms with Gasteiger partial charge in [-0.25, -0.2) is 0 Å². The Morgan fingerprint density at radius 1 is 0.587 bits per heavy atom. The average Bonchev–Trinajstić information content (AvgIpc) is 3.01. The normalized spacial score (nSPS) is 10.6. The van der Waals surface area contributed by atoms with Gasteiger partial charge in [-0.2, -0.15) is 0 Å². The number of hydrogen-bond donors (Lipinski definition) is 1. The molecule has 0 radical (unpaired) electrons. The van der Waals surface area contributed by atoms with Crippen molar-refractivity contribution >= 4 is 29.4 Å². The van der Waals surface area contributed by atoms with E-state index < -0.39 is 17.7 Å². The Balaban J connectivity index is 3.87. The van der Waals surface area contributed by atoms with Gasteiger partial charge in [-0.1, -0.05) is 5.11 Å². The van der Waals surface area contributed by atoms with Crippen LogP contribution in [0.15, 0.2) is 5.11 Å². The maximum Gasteiger partial charge on any atom is 0.242 e. The lowest BCUT2D eigenvalue weighted by Gasteiger charge is -2.25. The van der Waals surface area contributed by atoms with E-state index in [2.05, 4.69) is 15.3 Å². The number of likely N-dealkylation sites (N-methyl/N-ethyl adjacent to an activating group) is 5. The second-order valence-electron chi connectivity index (χ2n) is 10.2. The lowest BCUT2D eigenvalue weighted by molar-refractivity contribution is -0.144. The number of azide groups is 1. The van der Waals surface area contributed by atoms with Gasteiger partial charge in [0.25, 0.3) is 0 Å². The third kappa shape index (κ3) is 23.0. The standard InChI is InChI=1S/C28H52N8O10/c1-30-19-25(38)34(3)21-27(40)36(5)23-28(41)35(4)22-26(39)33(2)20-24(37)7-6-9-42-11-13-44-15-17-46-18-16-45-14-12-43-10-8-31-32-29/h30H,6-23H2,1-5H3. The van der Waals surface area contributed by atoms with Crippen molar-refractivity contribution < 1.29 is 47.7 Å². The molecule has 0 aliphatic rings. The van der Waals surface area contributed by atoms with E-state index in [0.29, 0.717) is 79.0 Å². The molecule has 0 bridgehead atoms. The minimum atomic E-state index is -0.453. The minimum Gasteiger partial charge on any atom is -0.379 e. The van der Waals surface area contributed by atoms with Gasteiger partial charge in [0, 0.05) is 52.7 Å². The largest absolute Gasteiger partial charge is 0.379 e. The molecule has 0 fully saturated rings. The molecule has 0 spiro atoms. The van der Waals surface area contributed by atoms with Crippen molar-refractivity contribution in [3.05, 3.63) is 10.4 Å². The van der Waals surface area contributed by atoms with Crippen LogP contribution >= 0.6 is 0 Å². The summed E-state index contributed by atoms with van der Waals surface area (Å²) in [6, 6.07) is 0. The van der Waals surface area contributed by atoms with Crippen molar-refractivity contribution in [1.29, 1.82) is 0 Å². The summed E-state index contributed by atoms with van der Waals surface area (Å²) in [5.74, 6) is -1.67. The molecular formula is C28H52N8O10. The quantitative estimate of drug-likeness (QED) is 0.0436. The first kappa shape index (κ1) is 42.6. The van der Waals surface area contributed by atoms with E-state index in [1.54, 1.807) is 7.05 Å². The van der Waals surface area contributed by atoms with Gasteiger partial charge >= 0.3 is 0 Å². The van der Waals surface area contributed by atoms with Gasteiger partial charge in [-0.15, -0.1) is 0 Å². The molecule has 46 heavy (non-hydrogen) atoms. The lowest BCUT2D eigenvalue weighted by atomic mass is 10.2. The third-order valence-corrected chi connectivity index (χ3v) is 6.19. The maximum atomic E-state index is 12.5. The Hall–Kier alpha value is -3.38. The molecule has 0 aromatic rings. The first-order valence-electron chi connectivity index (χ1n) is 15.0. The number of Topliss-reactive ketones (excluding diaryl/α,β-unsaturated/α-hetero) is 1. The molecule has 0 aliphatic carbocycles. The highest BCUT2D eigenvalue weighted by molar-refractivity contribution is 5.91. The van der Waals surface area contributed by atoms with Crippen molar-refractivity contribution in [1.82, 2.24) is 24.9 Å². The summed E-state index contributed by atoms with van der Waals surface area (Å²) in [6.07, 6.45) is 0.737. The molecule has 264 valence electrons. The fourth-order valence-electron chi connectivity index (χ4n) is 3.46. The third-order valence-electron chi connectivity index (χ3n) is 6.19. The van der Waals surface area contributed by atoms with E-state index >= 15 is 0 Å². The number of carbonyl (C=O) groups excluding carboxylic acids is 5. The first-order chi connectivity index (χ1) is 22.0. The van der Waals surface area contributed by atoms with Crippen LogP contribution in [0.2, 0.25) is 0 Å². The molecule has 0 saturated heterocycles. The molecule has 0 aliphatic heterocycles. The Bertz CT molecular complexity index is 951. The zero-order chi connectivity index (χ0) is 34.6. The van der Waals surface area contributed by atoms with Crippen molar-refractivity contribution in [2.24, 2.45) is 5.11 Å². The summed E-state index contributed by atoms with van der Waals surface area (Å²) in [7, 11) is 7.50. The zero-order valence-corrected chi connectivity index (χ0v) is 27.9. The Labute approximate surface area is 271 Å². The Morgan fingerprint density at radius 2 is 0.957 bits per heavy atom. The number of rotatable bonds is 29. The topological polar surface area (TPSA) is 205 Å². The van der Waals surface area contributed by atoms with Crippen LogP contribution in [0.5, 0.6) is 0 Å². The molecular weight excluding hydrogens is 608 g/mol. The van der Waals surface area contributed by atoms with Gasteiger partial charge in [0.05, 0.1) is 92.2 Å². The van der Waals surface area contributed by atoms with Crippen LogP contribution in [0, 0.1) is 0 Å². The fourth-order valence-corrected chi connectivity index (χ4v) is 3.46. The number of amides is 4. The fraction of sp³-hybridized carbons (Fsp3) is 0.821.